The molecule has 0 bridgehead atoms. The topological polar surface area (TPSA) is 58.4 Å². The molecule has 2 heterocycles. The first-order chi connectivity index (χ1) is 12.0. The van der Waals surface area contributed by atoms with Crippen LogP contribution in [0.25, 0.3) is 11.3 Å². The van der Waals surface area contributed by atoms with E-state index < -0.39 is 0 Å². The summed E-state index contributed by atoms with van der Waals surface area (Å²) in [5, 5.41) is 4.39. The zero-order valence-corrected chi connectivity index (χ0v) is 15.6. The molecule has 5 nitrogen and oxygen atoms in total. The Labute approximate surface area is 157 Å². The second-order valence-electron chi connectivity index (χ2n) is 6.23. The Hall–Kier alpha value is -1.56. The number of piperidine rings is 1. The molecule has 1 fully saturated rings. The molecule has 2 aromatic rings. The molecule has 0 radical (unpaired) electrons. The molecule has 1 aliphatic rings. The van der Waals surface area contributed by atoms with Gasteiger partial charge in [0.1, 0.15) is 0 Å². The van der Waals surface area contributed by atoms with Crippen molar-refractivity contribution in [2.24, 2.45) is 0 Å². The van der Waals surface area contributed by atoms with Gasteiger partial charge in [-0.1, -0.05) is 23.2 Å². The highest BCUT2D eigenvalue weighted by Crippen LogP contribution is 2.30. The number of amides is 1. The van der Waals surface area contributed by atoms with E-state index >= 15 is 0 Å². The predicted octanol–water partition coefficient (Wildman–Crippen LogP) is 3.79. The van der Waals surface area contributed by atoms with E-state index in [2.05, 4.69) is 10.3 Å². The summed E-state index contributed by atoms with van der Waals surface area (Å²) in [5.41, 5.74) is 0.739. The maximum Gasteiger partial charge on any atom is 0.223 e. The number of carbonyl (C=O) groups is 1. The molecule has 0 atom stereocenters. The first kappa shape index (κ1) is 18.2. The van der Waals surface area contributed by atoms with Crippen molar-refractivity contribution in [3.8, 4) is 11.3 Å². The summed E-state index contributed by atoms with van der Waals surface area (Å²) in [6, 6.07) is 5.53. The number of hydrogen-bond donors (Lipinski definition) is 1. The second kappa shape index (κ2) is 8.21. The highest BCUT2D eigenvalue weighted by atomic mass is 35.5. The molecule has 25 heavy (non-hydrogen) atoms. The quantitative estimate of drug-likeness (QED) is 0.855. The predicted molar refractivity (Wildman–Crippen MR) is 98.9 cm³/mol. The first-order valence-electron chi connectivity index (χ1n) is 8.41. The molecule has 0 aliphatic carbocycles. The zero-order chi connectivity index (χ0) is 17.8. The molecule has 1 amide bonds. The summed E-state index contributed by atoms with van der Waals surface area (Å²) in [7, 11) is 1.88. The number of aryl methyl sites for hydroxylation is 1. The van der Waals surface area contributed by atoms with Gasteiger partial charge in [-0.15, -0.1) is 0 Å². The van der Waals surface area contributed by atoms with E-state index in [1.54, 1.807) is 24.4 Å². The highest BCUT2D eigenvalue weighted by Gasteiger charge is 2.22. The van der Waals surface area contributed by atoms with Crippen molar-refractivity contribution < 1.29 is 9.21 Å². The van der Waals surface area contributed by atoms with Crippen molar-refractivity contribution in [3.05, 3.63) is 40.3 Å². The van der Waals surface area contributed by atoms with E-state index in [0.29, 0.717) is 40.6 Å². The van der Waals surface area contributed by atoms with Crippen LogP contribution in [0.15, 0.2) is 28.8 Å². The number of aromatic nitrogens is 1. The second-order valence-corrected chi connectivity index (χ2v) is 7.07. The summed E-state index contributed by atoms with van der Waals surface area (Å²) in [4.78, 5) is 18.5. The van der Waals surface area contributed by atoms with Crippen LogP contribution in [0.3, 0.4) is 0 Å². The van der Waals surface area contributed by atoms with E-state index in [9.17, 15) is 4.79 Å². The van der Waals surface area contributed by atoms with Crippen molar-refractivity contribution in [2.45, 2.75) is 31.7 Å². The van der Waals surface area contributed by atoms with Crippen molar-refractivity contribution in [1.82, 2.24) is 15.2 Å². The number of oxazole rings is 1. The Morgan fingerprint density at radius 2 is 2.12 bits per heavy atom. The van der Waals surface area contributed by atoms with Gasteiger partial charge in [-0.05, 0) is 44.1 Å². The summed E-state index contributed by atoms with van der Waals surface area (Å²) in [6.07, 6.45) is 4.49. The summed E-state index contributed by atoms with van der Waals surface area (Å²) < 4.78 is 5.75. The van der Waals surface area contributed by atoms with Gasteiger partial charge in [-0.3, -0.25) is 4.79 Å². The SMILES string of the molecule is CN(C(=O)CCc1ncc(-c2ccc(Cl)cc2Cl)o1)C1CCNCC1. The van der Waals surface area contributed by atoms with E-state index in [1.165, 1.54) is 0 Å². The van der Waals surface area contributed by atoms with Crippen LogP contribution >= 0.6 is 23.2 Å². The first-order valence-corrected chi connectivity index (χ1v) is 9.16. The Morgan fingerprint density at radius 3 is 2.84 bits per heavy atom. The molecule has 7 heteroatoms. The fourth-order valence-corrected chi connectivity index (χ4v) is 3.53. The van der Waals surface area contributed by atoms with Crippen molar-refractivity contribution in [1.29, 1.82) is 0 Å². The number of nitrogens with one attached hydrogen (secondary N) is 1. The van der Waals surface area contributed by atoms with Crippen LogP contribution in [-0.2, 0) is 11.2 Å². The smallest absolute Gasteiger partial charge is 0.223 e. The summed E-state index contributed by atoms with van der Waals surface area (Å²) in [5.74, 6) is 1.24. The molecule has 1 aliphatic heterocycles. The van der Waals surface area contributed by atoms with Crippen molar-refractivity contribution >= 4 is 29.1 Å². The number of rotatable bonds is 5. The Bertz CT molecular complexity index is 742. The van der Waals surface area contributed by atoms with Gasteiger partial charge in [0.25, 0.3) is 0 Å². The van der Waals surface area contributed by atoms with Crippen LogP contribution in [0.4, 0.5) is 0 Å². The lowest BCUT2D eigenvalue weighted by atomic mass is 10.0. The fraction of sp³-hybridized carbons (Fsp3) is 0.444. The van der Waals surface area contributed by atoms with Gasteiger partial charge in [0, 0.05) is 36.5 Å². The molecule has 3 rings (SSSR count). The molecule has 1 N–H and O–H groups in total. The highest BCUT2D eigenvalue weighted by molar-refractivity contribution is 6.36. The molecule has 0 spiro atoms. The normalized spacial score (nSPS) is 15.3. The number of carbonyl (C=O) groups excluding carboxylic acids is 1. The Kier molecular flexibility index (Phi) is 5.99. The molecule has 134 valence electrons. The lowest BCUT2D eigenvalue weighted by Crippen LogP contribution is -2.44. The number of hydrogen-bond acceptors (Lipinski definition) is 4. The van der Waals surface area contributed by atoms with E-state index in [0.717, 1.165) is 31.5 Å². The van der Waals surface area contributed by atoms with Gasteiger partial charge in [-0.2, -0.15) is 0 Å². The summed E-state index contributed by atoms with van der Waals surface area (Å²) >= 11 is 12.1. The van der Waals surface area contributed by atoms with Crippen LogP contribution < -0.4 is 5.32 Å². The van der Waals surface area contributed by atoms with Crippen LogP contribution in [0.1, 0.15) is 25.2 Å². The minimum absolute atomic E-state index is 0.121. The van der Waals surface area contributed by atoms with E-state index in [4.69, 9.17) is 27.6 Å². The Balaban J connectivity index is 1.59. The van der Waals surface area contributed by atoms with Gasteiger partial charge < -0.3 is 14.6 Å². The molecule has 0 unspecified atom stereocenters. The molecule has 1 aromatic heterocycles. The van der Waals surface area contributed by atoms with Gasteiger partial charge in [0.2, 0.25) is 5.91 Å². The maximum atomic E-state index is 12.4. The van der Waals surface area contributed by atoms with Gasteiger partial charge in [0.15, 0.2) is 11.7 Å². The molecule has 0 saturated carbocycles. The van der Waals surface area contributed by atoms with Crippen LogP contribution in [0.5, 0.6) is 0 Å². The van der Waals surface area contributed by atoms with Gasteiger partial charge in [-0.25, -0.2) is 4.98 Å². The van der Waals surface area contributed by atoms with Crippen molar-refractivity contribution in [2.75, 3.05) is 20.1 Å². The minimum atomic E-state index is 0.121. The third-order valence-electron chi connectivity index (χ3n) is 4.55. The molecule has 1 aromatic carbocycles. The number of halogens is 2. The molecular formula is C18H21Cl2N3O2. The van der Waals surface area contributed by atoms with Crippen LogP contribution in [0, 0.1) is 0 Å². The summed E-state index contributed by atoms with van der Waals surface area (Å²) in [6.45, 7) is 1.93. The van der Waals surface area contributed by atoms with Crippen LogP contribution in [0.2, 0.25) is 10.0 Å². The Morgan fingerprint density at radius 1 is 1.36 bits per heavy atom. The minimum Gasteiger partial charge on any atom is -0.441 e. The monoisotopic (exact) mass is 381 g/mol. The lowest BCUT2D eigenvalue weighted by molar-refractivity contribution is -0.132. The third-order valence-corrected chi connectivity index (χ3v) is 5.10. The van der Waals surface area contributed by atoms with Crippen LogP contribution in [-0.4, -0.2) is 42.0 Å². The average molecular weight is 382 g/mol. The lowest BCUT2D eigenvalue weighted by Gasteiger charge is -2.31. The van der Waals surface area contributed by atoms with Crippen molar-refractivity contribution in [3.63, 3.8) is 0 Å². The fourth-order valence-electron chi connectivity index (χ4n) is 3.03. The van der Waals surface area contributed by atoms with E-state index in [1.807, 2.05) is 11.9 Å². The third kappa shape index (κ3) is 4.54. The maximum absolute atomic E-state index is 12.4. The average Bonchev–Trinajstić information content (AvgIpc) is 3.08. The largest absolute Gasteiger partial charge is 0.441 e. The van der Waals surface area contributed by atoms with Gasteiger partial charge >= 0.3 is 0 Å². The number of nitrogens with zero attached hydrogens (tertiary/aromatic N) is 2. The van der Waals surface area contributed by atoms with Gasteiger partial charge in [0.05, 0.1) is 11.2 Å². The standard InChI is InChI=1S/C18H21Cl2N3O2/c1-23(13-6-8-21-9-7-13)18(24)5-4-17-22-11-16(25-17)14-3-2-12(19)10-15(14)20/h2-3,10-11,13,21H,4-9H2,1H3. The molecular weight excluding hydrogens is 361 g/mol. The zero-order valence-electron chi connectivity index (χ0n) is 14.1. The number of benzene rings is 1. The molecule has 1 saturated heterocycles. The van der Waals surface area contributed by atoms with E-state index in [-0.39, 0.29) is 5.91 Å².